The topological polar surface area (TPSA) is 9.23 Å². The Balaban J connectivity index is 1.75. The summed E-state index contributed by atoms with van der Waals surface area (Å²) in [6.45, 7) is 0. The molecule has 4 aromatic rings. The molecule has 0 saturated heterocycles. The highest BCUT2D eigenvalue weighted by Gasteiger charge is 2.03. The van der Waals surface area contributed by atoms with Crippen LogP contribution in [0.4, 0.5) is 0 Å². The largest absolute Gasteiger partial charge is 0.497 e. The van der Waals surface area contributed by atoms with Gasteiger partial charge in [-0.05, 0) is 47.5 Å². The fraction of sp³-hybridized carbons (Fsp3) is 0.0345. The Bertz CT molecular complexity index is 1260. The Kier molecular flexibility index (Phi) is 5.95. The summed E-state index contributed by atoms with van der Waals surface area (Å²) in [6.07, 6.45) is 0. The second-order valence-electron chi connectivity index (χ2n) is 6.69. The van der Waals surface area contributed by atoms with Gasteiger partial charge in [-0.1, -0.05) is 90.4 Å². The van der Waals surface area contributed by atoms with Crippen LogP contribution in [-0.4, -0.2) is 7.11 Å². The Morgan fingerprint density at radius 3 is 1.93 bits per heavy atom. The van der Waals surface area contributed by atoms with E-state index in [1.807, 2.05) is 84.9 Å². The molecule has 0 aromatic heterocycles. The van der Waals surface area contributed by atoms with Gasteiger partial charge in [0.2, 0.25) is 0 Å². The zero-order valence-electron chi connectivity index (χ0n) is 16.7. The van der Waals surface area contributed by atoms with Gasteiger partial charge in [0.15, 0.2) is 0 Å². The van der Waals surface area contributed by atoms with Crippen LogP contribution < -0.4 is 4.74 Å². The molecule has 4 aromatic carbocycles. The first kappa shape index (κ1) is 19.1. The van der Waals surface area contributed by atoms with Crippen molar-refractivity contribution >= 4 is 0 Å². The zero-order valence-corrected chi connectivity index (χ0v) is 16.7. The molecule has 0 atom stereocenters. The van der Waals surface area contributed by atoms with Gasteiger partial charge in [-0.15, -0.1) is 0 Å². The molecule has 0 unspecified atom stereocenters. The lowest BCUT2D eigenvalue weighted by Crippen LogP contribution is -1.89. The third kappa shape index (κ3) is 4.61. The number of hydrogen-bond donors (Lipinski definition) is 0. The van der Waals surface area contributed by atoms with Gasteiger partial charge in [-0.3, -0.25) is 0 Å². The van der Waals surface area contributed by atoms with E-state index in [0.29, 0.717) is 0 Å². The van der Waals surface area contributed by atoms with E-state index in [2.05, 4.69) is 41.9 Å². The average Bonchev–Trinajstić information content (AvgIpc) is 2.83. The maximum Gasteiger partial charge on any atom is 0.120 e. The molecule has 0 bridgehead atoms. The molecule has 0 fully saturated rings. The maximum absolute atomic E-state index is 5.40. The fourth-order valence-corrected chi connectivity index (χ4v) is 3.12. The number of ether oxygens (including phenoxy) is 1. The van der Waals surface area contributed by atoms with Crippen LogP contribution in [0.2, 0.25) is 0 Å². The highest BCUT2D eigenvalue weighted by molar-refractivity contribution is 5.71. The van der Waals surface area contributed by atoms with Crippen molar-refractivity contribution in [3.05, 3.63) is 125 Å². The molecule has 0 spiro atoms. The minimum absolute atomic E-state index is 0.765. The molecule has 1 nitrogen and oxygen atoms in total. The van der Waals surface area contributed by atoms with Crippen LogP contribution in [0.15, 0.2) is 103 Å². The van der Waals surface area contributed by atoms with Crippen LogP contribution in [0.3, 0.4) is 0 Å². The highest BCUT2D eigenvalue weighted by atomic mass is 16.5. The third-order valence-corrected chi connectivity index (χ3v) is 4.69. The standard InChI is InChI=1S/C29H20O/c1-30-28-21-20-24(17-16-23-10-4-2-5-11-23)27(22-28)19-18-26-14-8-9-15-29(26)25-12-6-3-7-13-25/h2-15,20-22H,1H3. The van der Waals surface area contributed by atoms with Crippen LogP contribution in [0, 0.1) is 23.7 Å². The summed E-state index contributed by atoms with van der Waals surface area (Å²) in [6, 6.07) is 34.3. The summed E-state index contributed by atoms with van der Waals surface area (Å²) in [5.41, 5.74) is 5.95. The van der Waals surface area contributed by atoms with Crippen molar-refractivity contribution in [2.45, 2.75) is 0 Å². The van der Waals surface area contributed by atoms with E-state index in [-0.39, 0.29) is 0 Å². The van der Waals surface area contributed by atoms with Gasteiger partial charge in [-0.25, -0.2) is 0 Å². The first-order valence-corrected chi connectivity index (χ1v) is 9.75. The monoisotopic (exact) mass is 384 g/mol. The summed E-state index contributed by atoms with van der Waals surface area (Å²) in [5.74, 6) is 13.9. The number of methoxy groups -OCH3 is 1. The summed E-state index contributed by atoms with van der Waals surface area (Å²) in [5, 5.41) is 0. The van der Waals surface area contributed by atoms with Crippen LogP contribution in [0.5, 0.6) is 5.75 Å². The molecule has 30 heavy (non-hydrogen) atoms. The summed E-state index contributed by atoms with van der Waals surface area (Å²) in [4.78, 5) is 0. The lowest BCUT2D eigenvalue weighted by Gasteiger charge is -2.05. The molecule has 0 amide bonds. The second-order valence-corrected chi connectivity index (χ2v) is 6.69. The highest BCUT2D eigenvalue weighted by Crippen LogP contribution is 2.23. The van der Waals surface area contributed by atoms with Gasteiger partial charge in [0.1, 0.15) is 5.75 Å². The zero-order chi connectivity index (χ0) is 20.6. The predicted molar refractivity (Wildman–Crippen MR) is 123 cm³/mol. The molecule has 0 N–H and O–H groups in total. The Labute approximate surface area is 178 Å². The molecule has 142 valence electrons. The summed E-state index contributed by atoms with van der Waals surface area (Å²) >= 11 is 0. The average molecular weight is 384 g/mol. The van der Waals surface area contributed by atoms with Crippen molar-refractivity contribution < 1.29 is 4.74 Å². The fourth-order valence-electron chi connectivity index (χ4n) is 3.12. The summed E-state index contributed by atoms with van der Waals surface area (Å²) in [7, 11) is 1.66. The molecular weight excluding hydrogens is 364 g/mol. The smallest absolute Gasteiger partial charge is 0.120 e. The van der Waals surface area contributed by atoms with E-state index in [1.54, 1.807) is 7.11 Å². The quantitative estimate of drug-likeness (QED) is 0.376. The van der Waals surface area contributed by atoms with Crippen LogP contribution in [-0.2, 0) is 0 Å². The number of benzene rings is 4. The van der Waals surface area contributed by atoms with Gasteiger partial charge in [0.25, 0.3) is 0 Å². The minimum Gasteiger partial charge on any atom is -0.497 e. The predicted octanol–water partition coefficient (Wildman–Crippen LogP) is 6.16. The Hall–Kier alpha value is -4.20. The van der Waals surface area contributed by atoms with Gasteiger partial charge < -0.3 is 4.74 Å². The van der Waals surface area contributed by atoms with E-state index in [9.17, 15) is 0 Å². The molecule has 0 aliphatic carbocycles. The van der Waals surface area contributed by atoms with Crippen molar-refractivity contribution in [3.8, 4) is 40.6 Å². The van der Waals surface area contributed by atoms with Crippen molar-refractivity contribution in [3.63, 3.8) is 0 Å². The van der Waals surface area contributed by atoms with Crippen LogP contribution in [0.25, 0.3) is 11.1 Å². The summed E-state index contributed by atoms with van der Waals surface area (Å²) < 4.78 is 5.40. The van der Waals surface area contributed by atoms with Crippen molar-refractivity contribution in [2.24, 2.45) is 0 Å². The van der Waals surface area contributed by atoms with E-state index in [1.165, 1.54) is 0 Å². The van der Waals surface area contributed by atoms with E-state index < -0.39 is 0 Å². The first-order chi connectivity index (χ1) is 14.8. The lowest BCUT2D eigenvalue weighted by molar-refractivity contribution is 0.414. The molecule has 0 radical (unpaired) electrons. The Morgan fingerprint density at radius 2 is 1.17 bits per heavy atom. The molecule has 0 aliphatic heterocycles. The molecule has 0 saturated carbocycles. The lowest BCUT2D eigenvalue weighted by atomic mass is 9.99. The minimum atomic E-state index is 0.765. The van der Waals surface area contributed by atoms with Crippen molar-refractivity contribution in [2.75, 3.05) is 7.11 Å². The van der Waals surface area contributed by atoms with Crippen LogP contribution >= 0.6 is 0 Å². The molecule has 0 heterocycles. The molecule has 1 heteroatoms. The van der Waals surface area contributed by atoms with Crippen molar-refractivity contribution in [1.29, 1.82) is 0 Å². The van der Waals surface area contributed by atoms with Gasteiger partial charge in [-0.2, -0.15) is 0 Å². The normalized spacial score (nSPS) is 9.63. The van der Waals surface area contributed by atoms with E-state index >= 15 is 0 Å². The molecular formula is C29H20O. The second kappa shape index (κ2) is 9.33. The SMILES string of the molecule is COc1ccc(C#Cc2ccccc2)c(C#Cc2ccccc2-c2ccccc2)c1. The van der Waals surface area contributed by atoms with Gasteiger partial charge in [0, 0.05) is 22.3 Å². The van der Waals surface area contributed by atoms with Crippen LogP contribution in [0.1, 0.15) is 22.3 Å². The number of rotatable bonds is 2. The maximum atomic E-state index is 5.40. The Morgan fingerprint density at radius 1 is 0.533 bits per heavy atom. The molecule has 4 rings (SSSR count). The van der Waals surface area contributed by atoms with E-state index in [0.717, 1.165) is 39.1 Å². The van der Waals surface area contributed by atoms with E-state index in [4.69, 9.17) is 4.74 Å². The van der Waals surface area contributed by atoms with Crippen molar-refractivity contribution in [1.82, 2.24) is 0 Å². The molecule has 0 aliphatic rings. The first-order valence-electron chi connectivity index (χ1n) is 9.75. The van der Waals surface area contributed by atoms with Gasteiger partial charge in [0.05, 0.1) is 7.11 Å². The third-order valence-electron chi connectivity index (χ3n) is 4.69. The van der Waals surface area contributed by atoms with Gasteiger partial charge >= 0.3 is 0 Å². The number of hydrogen-bond acceptors (Lipinski definition) is 1.